The van der Waals surface area contributed by atoms with E-state index in [9.17, 15) is 0 Å². The van der Waals surface area contributed by atoms with Crippen molar-refractivity contribution in [3.8, 4) is 0 Å². The van der Waals surface area contributed by atoms with Gasteiger partial charge < -0.3 is 4.74 Å². The average molecular weight is 264 g/mol. The molecule has 0 aliphatic heterocycles. The molecule has 0 aliphatic rings. The molecular weight excluding hydrogens is 236 g/mol. The van der Waals surface area contributed by atoms with Gasteiger partial charge in [-0.05, 0) is 38.2 Å². The molecule has 0 saturated carbocycles. The standard InChI is InChI=1S/C16H28N2O/c1-3-9-16(19-4-2)15(18-17)13-8-12-14-10-6-5-7-11-14/h5-7,10-11,15-16,18H,3-4,8-9,12-13,17H2,1-2H3. The molecule has 1 aromatic carbocycles. The number of hydrogen-bond acceptors (Lipinski definition) is 3. The second-order valence-electron chi connectivity index (χ2n) is 4.93. The predicted octanol–water partition coefficient (Wildman–Crippen LogP) is 3.05. The van der Waals surface area contributed by atoms with Crippen LogP contribution in [0.2, 0.25) is 0 Å². The van der Waals surface area contributed by atoms with Crippen molar-refractivity contribution in [2.75, 3.05) is 6.61 Å². The number of rotatable bonds is 10. The lowest BCUT2D eigenvalue weighted by molar-refractivity contribution is 0.0254. The van der Waals surface area contributed by atoms with Crippen LogP contribution in [-0.4, -0.2) is 18.8 Å². The van der Waals surface area contributed by atoms with Crippen LogP contribution in [0.25, 0.3) is 0 Å². The molecule has 3 nitrogen and oxygen atoms in total. The largest absolute Gasteiger partial charge is 0.377 e. The summed E-state index contributed by atoms with van der Waals surface area (Å²) in [6, 6.07) is 10.8. The summed E-state index contributed by atoms with van der Waals surface area (Å²) >= 11 is 0. The second kappa shape index (κ2) is 9.96. The third-order valence-corrected chi connectivity index (χ3v) is 3.44. The summed E-state index contributed by atoms with van der Waals surface area (Å²) in [7, 11) is 0. The first-order valence-electron chi connectivity index (χ1n) is 7.43. The molecule has 1 rings (SSSR count). The van der Waals surface area contributed by atoms with Gasteiger partial charge in [0.15, 0.2) is 0 Å². The highest BCUT2D eigenvalue weighted by Crippen LogP contribution is 2.14. The zero-order chi connectivity index (χ0) is 13.9. The molecule has 0 radical (unpaired) electrons. The topological polar surface area (TPSA) is 47.3 Å². The van der Waals surface area contributed by atoms with E-state index in [2.05, 4.69) is 42.7 Å². The molecule has 0 heterocycles. The third kappa shape index (κ3) is 6.19. The van der Waals surface area contributed by atoms with E-state index >= 15 is 0 Å². The van der Waals surface area contributed by atoms with Crippen molar-refractivity contribution in [2.45, 2.75) is 58.1 Å². The van der Waals surface area contributed by atoms with Gasteiger partial charge in [0.1, 0.15) is 0 Å². The maximum absolute atomic E-state index is 5.80. The Kier molecular flexibility index (Phi) is 8.47. The highest BCUT2D eigenvalue weighted by Gasteiger charge is 2.19. The van der Waals surface area contributed by atoms with E-state index in [4.69, 9.17) is 10.6 Å². The van der Waals surface area contributed by atoms with E-state index in [1.807, 2.05) is 6.92 Å². The molecule has 3 N–H and O–H groups in total. The van der Waals surface area contributed by atoms with Crippen molar-refractivity contribution < 1.29 is 4.74 Å². The Morgan fingerprint density at radius 3 is 2.47 bits per heavy atom. The maximum atomic E-state index is 5.80. The van der Waals surface area contributed by atoms with Crippen LogP contribution in [0.3, 0.4) is 0 Å². The fourth-order valence-corrected chi connectivity index (χ4v) is 2.45. The molecule has 2 atom stereocenters. The molecule has 19 heavy (non-hydrogen) atoms. The van der Waals surface area contributed by atoms with Gasteiger partial charge in [-0.1, -0.05) is 43.7 Å². The summed E-state index contributed by atoms with van der Waals surface area (Å²) in [5, 5.41) is 0. The van der Waals surface area contributed by atoms with Gasteiger partial charge in [0.25, 0.3) is 0 Å². The van der Waals surface area contributed by atoms with Gasteiger partial charge in [-0.15, -0.1) is 0 Å². The number of aryl methyl sites for hydroxylation is 1. The van der Waals surface area contributed by atoms with Crippen LogP contribution in [0, 0.1) is 0 Å². The van der Waals surface area contributed by atoms with Crippen molar-refractivity contribution in [3.05, 3.63) is 35.9 Å². The van der Waals surface area contributed by atoms with Gasteiger partial charge in [-0.25, -0.2) is 0 Å². The smallest absolute Gasteiger partial charge is 0.0741 e. The van der Waals surface area contributed by atoms with E-state index in [0.29, 0.717) is 0 Å². The van der Waals surface area contributed by atoms with E-state index in [0.717, 1.165) is 38.7 Å². The zero-order valence-electron chi connectivity index (χ0n) is 12.3. The average Bonchev–Trinajstić information content (AvgIpc) is 2.45. The van der Waals surface area contributed by atoms with Crippen molar-refractivity contribution >= 4 is 0 Å². The van der Waals surface area contributed by atoms with E-state index < -0.39 is 0 Å². The normalized spacial score (nSPS) is 14.3. The molecule has 0 spiro atoms. The first kappa shape index (κ1) is 16.2. The number of hydrazine groups is 1. The minimum absolute atomic E-state index is 0.232. The quantitative estimate of drug-likeness (QED) is 0.504. The molecule has 3 heteroatoms. The molecular formula is C16H28N2O. The zero-order valence-corrected chi connectivity index (χ0v) is 12.3. The van der Waals surface area contributed by atoms with Crippen molar-refractivity contribution in [3.63, 3.8) is 0 Å². The summed E-state index contributed by atoms with van der Waals surface area (Å²) < 4.78 is 5.80. The highest BCUT2D eigenvalue weighted by molar-refractivity contribution is 5.14. The lowest BCUT2D eigenvalue weighted by atomic mass is 9.99. The van der Waals surface area contributed by atoms with Crippen LogP contribution < -0.4 is 11.3 Å². The molecule has 0 amide bonds. The lowest BCUT2D eigenvalue weighted by Gasteiger charge is -2.26. The lowest BCUT2D eigenvalue weighted by Crippen LogP contribution is -2.45. The molecule has 0 bridgehead atoms. The van der Waals surface area contributed by atoms with Crippen LogP contribution in [0.4, 0.5) is 0 Å². The van der Waals surface area contributed by atoms with Crippen LogP contribution in [0.5, 0.6) is 0 Å². The van der Waals surface area contributed by atoms with E-state index in [-0.39, 0.29) is 12.1 Å². The Hall–Kier alpha value is -0.900. The molecule has 2 unspecified atom stereocenters. The number of benzene rings is 1. The van der Waals surface area contributed by atoms with Gasteiger partial charge in [-0.2, -0.15) is 0 Å². The van der Waals surface area contributed by atoms with Crippen LogP contribution in [-0.2, 0) is 11.2 Å². The van der Waals surface area contributed by atoms with Crippen molar-refractivity contribution in [1.29, 1.82) is 0 Å². The fourth-order valence-electron chi connectivity index (χ4n) is 2.45. The summed E-state index contributed by atoms with van der Waals surface area (Å²) in [6.45, 7) is 4.98. The fraction of sp³-hybridized carbons (Fsp3) is 0.625. The minimum atomic E-state index is 0.232. The van der Waals surface area contributed by atoms with Gasteiger partial charge in [0, 0.05) is 12.6 Å². The van der Waals surface area contributed by atoms with Crippen LogP contribution in [0.15, 0.2) is 30.3 Å². The molecule has 0 saturated heterocycles. The second-order valence-corrected chi connectivity index (χ2v) is 4.93. The minimum Gasteiger partial charge on any atom is -0.377 e. The number of nitrogens with two attached hydrogens (primary N) is 1. The molecule has 0 aromatic heterocycles. The Morgan fingerprint density at radius 1 is 1.16 bits per heavy atom. The maximum Gasteiger partial charge on any atom is 0.0741 e. The Balaban J connectivity index is 2.38. The highest BCUT2D eigenvalue weighted by atomic mass is 16.5. The molecule has 1 aromatic rings. The monoisotopic (exact) mass is 264 g/mol. The summed E-state index contributed by atoms with van der Waals surface area (Å²) in [4.78, 5) is 0. The van der Waals surface area contributed by atoms with Crippen LogP contribution in [0.1, 0.15) is 45.1 Å². The van der Waals surface area contributed by atoms with Gasteiger partial charge in [0.2, 0.25) is 0 Å². The molecule has 108 valence electrons. The predicted molar refractivity (Wildman–Crippen MR) is 80.8 cm³/mol. The SMILES string of the molecule is CCCC(OCC)C(CCCc1ccccc1)NN. The summed E-state index contributed by atoms with van der Waals surface area (Å²) in [5.41, 5.74) is 4.32. The van der Waals surface area contributed by atoms with Gasteiger partial charge >= 0.3 is 0 Å². The first-order chi connectivity index (χ1) is 9.31. The Bertz CT molecular complexity index is 310. The van der Waals surface area contributed by atoms with Crippen molar-refractivity contribution in [2.24, 2.45) is 5.84 Å². The van der Waals surface area contributed by atoms with Crippen LogP contribution >= 0.6 is 0 Å². The van der Waals surface area contributed by atoms with E-state index in [1.165, 1.54) is 5.56 Å². The first-order valence-corrected chi connectivity index (χ1v) is 7.43. The Morgan fingerprint density at radius 2 is 1.89 bits per heavy atom. The summed E-state index contributed by atoms with van der Waals surface area (Å²) in [6.07, 6.45) is 5.71. The number of nitrogens with one attached hydrogen (secondary N) is 1. The van der Waals surface area contributed by atoms with Gasteiger partial charge in [-0.3, -0.25) is 11.3 Å². The third-order valence-electron chi connectivity index (χ3n) is 3.44. The number of ether oxygens (including phenoxy) is 1. The summed E-state index contributed by atoms with van der Waals surface area (Å²) in [5.74, 6) is 5.68. The van der Waals surface area contributed by atoms with Crippen molar-refractivity contribution in [1.82, 2.24) is 5.43 Å². The number of hydrogen-bond donors (Lipinski definition) is 2. The van der Waals surface area contributed by atoms with E-state index in [1.54, 1.807) is 0 Å². The van der Waals surface area contributed by atoms with Gasteiger partial charge in [0.05, 0.1) is 6.10 Å². The molecule has 0 aliphatic carbocycles. The Labute approximate surface area is 117 Å². The molecule has 0 fully saturated rings.